The zero-order valence-electron chi connectivity index (χ0n) is 18.8. The Kier molecular flexibility index (Phi) is 6.28. The number of aromatic nitrogens is 2. The Morgan fingerprint density at radius 3 is 2.68 bits per heavy atom. The summed E-state index contributed by atoms with van der Waals surface area (Å²) in [6.07, 6.45) is 7.36. The summed E-state index contributed by atoms with van der Waals surface area (Å²) in [5.74, 6) is 0. The second-order valence-corrected chi connectivity index (χ2v) is 10.8. The second-order valence-electron chi connectivity index (χ2n) is 8.64. The molecule has 2 saturated heterocycles. The number of anilines is 2. The lowest BCUT2D eigenvalue weighted by atomic mass is 10.0. The Hall–Kier alpha value is -2.95. The number of rotatable bonds is 7. The maximum Gasteiger partial charge on any atom is 0.229 e. The van der Waals surface area contributed by atoms with Crippen LogP contribution in [0.4, 0.5) is 11.4 Å². The molecular weight excluding hydrogens is 470 g/mol. The third kappa shape index (κ3) is 4.79. The summed E-state index contributed by atoms with van der Waals surface area (Å²) in [7, 11) is -3.35. The minimum Gasteiger partial charge on any atom is -0.376 e. The van der Waals surface area contributed by atoms with E-state index in [0.29, 0.717) is 10.8 Å². The second kappa shape index (κ2) is 9.36. The van der Waals surface area contributed by atoms with Crippen molar-refractivity contribution < 1.29 is 13.2 Å². The number of sulfonamides is 1. The maximum atomic E-state index is 11.6. The summed E-state index contributed by atoms with van der Waals surface area (Å²) < 4.78 is 33.9. The Balaban J connectivity index is 1.53. The first-order chi connectivity index (χ1) is 16.4. The van der Waals surface area contributed by atoms with Gasteiger partial charge in [-0.2, -0.15) is 0 Å². The fraction of sp³-hybridized carbons (Fsp3) is 0.333. The lowest BCUT2D eigenvalue weighted by Crippen LogP contribution is -2.31. The van der Waals surface area contributed by atoms with Gasteiger partial charge in [-0.05, 0) is 73.6 Å². The summed E-state index contributed by atoms with van der Waals surface area (Å²) in [6.45, 7) is 1.60. The van der Waals surface area contributed by atoms with Crippen molar-refractivity contribution in [3.63, 3.8) is 0 Å². The fourth-order valence-electron chi connectivity index (χ4n) is 4.71. The van der Waals surface area contributed by atoms with Crippen LogP contribution in [0, 0.1) is 0 Å². The van der Waals surface area contributed by atoms with E-state index < -0.39 is 10.0 Å². The van der Waals surface area contributed by atoms with Gasteiger partial charge in [-0.15, -0.1) is 0 Å². The van der Waals surface area contributed by atoms with Crippen LogP contribution < -0.4 is 14.9 Å². The first kappa shape index (κ1) is 22.8. The summed E-state index contributed by atoms with van der Waals surface area (Å²) in [5, 5.41) is 4.06. The van der Waals surface area contributed by atoms with E-state index in [4.69, 9.17) is 17.0 Å². The van der Waals surface area contributed by atoms with E-state index in [1.165, 1.54) is 0 Å². The van der Waals surface area contributed by atoms with Crippen molar-refractivity contribution in [2.45, 2.75) is 37.6 Å². The van der Waals surface area contributed by atoms with Gasteiger partial charge in [0.1, 0.15) is 6.04 Å². The third-order valence-electron chi connectivity index (χ3n) is 6.14. The molecule has 2 aromatic heterocycles. The minimum absolute atomic E-state index is 0.146. The maximum absolute atomic E-state index is 11.6. The Morgan fingerprint density at radius 1 is 1.18 bits per heavy atom. The van der Waals surface area contributed by atoms with Gasteiger partial charge < -0.3 is 19.5 Å². The molecule has 2 aliphatic heterocycles. The Morgan fingerprint density at radius 2 is 2.00 bits per heavy atom. The Bertz CT molecular complexity index is 1260. The van der Waals surface area contributed by atoms with Gasteiger partial charge in [0.15, 0.2) is 5.11 Å². The van der Waals surface area contributed by atoms with E-state index in [9.17, 15) is 8.42 Å². The zero-order valence-corrected chi connectivity index (χ0v) is 20.4. The molecule has 3 aromatic rings. The molecule has 1 aromatic carbocycles. The molecule has 5 rings (SSSR count). The molecule has 0 amide bonds. The van der Waals surface area contributed by atoms with Gasteiger partial charge in [0.25, 0.3) is 0 Å². The number of nitrogens with one attached hydrogen (secondary N) is 2. The molecule has 0 spiro atoms. The van der Waals surface area contributed by atoms with Crippen LogP contribution in [0.2, 0.25) is 0 Å². The highest BCUT2D eigenvalue weighted by Crippen LogP contribution is 2.42. The molecular formula is C24H27N5O3S2. The van der Waals surface area contributed by atoms with Crippen LogP contribution in [0.5, 0.6) is 0 Å². The number of hydrogen-bond acceptors (Lipinski definition) is 5. The quantitative estimate of drug-likeness (QED) is 0.482. The number of pyridine rings is 1. The van der Waals surface area contributed by atoms with Gasteiger partial charge in [0.2, 0.25) is 10.0 Å². The van der Waals surface area contributed by atoms with Crippen LogP contribution >= 0.6 is 12.2 Å². The molecule has 2 fully saturated rings. The van der Waals surface area contributed by atoms with Crippen molar-refractivity contribution in [3.8, 4) is 0 Å². The van der Waals surface area contributed by atoms with E-state index in [2.05, 4.69) is 42.8 Å². The van der Waals surface area contributed by atoms with E-state index in [1.807, 2.05) is 30.3 Å². The van der Waals surface area contributed by atoms with Crippen molar-refractivity contribution in [2.75, 3.05) is 22.5 Å². The lowest BCUT2D eigenvalue weighted by molar-refractivity contribution is 0.0961. The summed E-state index contributed by atoms with van der Waals surface area (Å²) in [5.41, 5.74) is 3.38. The van der Waals surface area contributed by atoms with Crippen molar-refractivity contribution in [2.24, 2.45) is 0 Å². The van der Waals surface area contributed by atoms with E-state index in [0.717, 1.165) is 49.3 Å². The highest BCUT2D eigenvalue weighted by atomic mass is 32.2. The van der Waals surface area contributed by atoms with Crippen LogP contribution in [-0.4, -0.2) is 42.0 Å². The monoisotopic (exact) mass is 497 g/mol. The molecule has 8 nitrogen and oxygen atoms in total. The molecule has 0 radical (unpaired) electrons. The summed E-state index contributed by atoms with van der Waals surface area (Å²) in [4.78, 5) is 6.69. The number of benzene rings is 1. The molecule has 4 heterocycles. The predicted molar refractivity (Wildman–Crippen MR) is 136 cm³/mol. The van der Waals surface area contributed by atoms with Gasteiger partial charge in [-0.3, -0.25) is 9.71 Å². The van der Waals surface area contributed by atoms with Crippen LogP contribution in [0.1, 0.15) is 36.3 Å². The van der Waals surface area contributed by atoms with Crippen LogP contribution in [0.15, 0.2) is 67.0 Å². The molecule has 3 atom stereocenters. The minimum atomic E-state index is -3.35. The molecule has 0 bridgehead atoms. The van der Waals surface area contributed by atoms with Gasteiger partial charge in [-0.1, -0.05) is 6.07 Å². The van der Waals surface area contributed by atoms with Gasteiger partial charge in [0, 0.05) is 42.6 Å². The Labute approximate surface area is 205 Å². The van der Waals surface area contributed by atoms with E-state index >= 15 is 0 Å². The zero-order chi connectivity index (χ0) is 23.7. The van der Waals surface area contributed by atoms with Crippen LogP contribution in [0.25, 0.3) is 0 Å². The molecule has 2 N–H and O–H groups in total. The van der Waals surface area contributed by atoms with Gasteiger partial charge in [0.05, 0.1) is 24.1 Å². The molecule has 10 heteroatoms. The van der Waals surface area contributed by atoms with Crippen molar-refractivity contribution in [1.82, 2.24) is 14.9 Å². The molecule has 178 valence electrons. The third-order valence-corrected chi connectivity index (χ3v) is 7.06. The van der Waals surface area contributed by atoms with Crippen molar-refractivity contribution in [1.29, 1.82) is 0 Å². The highest BCUT2D eigenvalue weighted by molar-refractivity contribution is 7.92. The summed E-state index contributed by atoms with van der Waals surface area (Å²) in [6, 6.07) is 17.0. The average Bonchev–Trinajstić information content (AvgIpc) is 3.55. The molecule has 0 saturated carbocycles. The molecule has 34 heavy (non-hydrogen) atoms. The van der Waals surface area contributed by atoms with Crippen molar-refractivity contribution >= 4 is 38.7 Å². The smallest absolute Gasteiger partial charge is 0.229 e. The predicted octanol–water partition coefficient (Wildman–Crippen LogP) is 3.61. The molecule has 0 unspecified atom stereocenters. The average molecular weight is 498 g/mol. The topological polar surface area (TPSA) is 88.5 Å². The lowest BCUT2D eigenvalue weighted by Gasteiger charge is -2.29. The SMILES string of the molecule is CS(=O)(=O)Nc1ccc(N2C(=S)N[C@@H](c3ccccn3)[C@@H]2c2cccn2C[C@@H]2CCCO2)cc1. The van der Waals surface area contributed by atoms with Crippen LogP contribution in [-0.2, 0) is 21.3 Å². The number of ether oxygens (including phenoxy) is 1. The van der Waals surface area contributed by atoms with Gasteiger partial charge in [-0.25, -0.2) is 8.42 Å². The number of thiocarbonyl (C=S) groups is 1. The number of nitrogens with zero attached hydrogens (tertiary/aromatic N) is 3. The van der Waals surface area contributed by atoms with Gasteiger partial charge >= 0.3 is 0 Å². The first-order valence-corrected chi connectivity index (χ1v) is 13.5. The highest BCUT2D eigenvalue weighted by Gasteiger charge is 2.42. The molecule has 0 aliphatic carbocycles. The van der Waals surface area contributed by atoms with E-state index in [-0.39, 0.29) is 18.2 Å². The summed E-state index contributed by atoms with van der Waals surface area (Å²) >= 11 is 5.80. The first-order valence-electron chi connectivity index (χ1n) is 11.2. The largest absolute Gasteiger partial charge is 0.376 e. The number of hydrogen-bond donors (Lipinski definition) is 2. The fourth-order valence-corrected chi connectivity index (χ4v) is 5.62. The molecule has 2 aliphatic rings. The van der Waals surface area contributed by atoms with Crippen molar-refractivity contribution in [3.05, 3.63) is 78.4 Å². The van der Waals surface area contributed by atoms with E-state index in [1.54, 1.807) is 18.3 Å². The standard InChI is InChI=1S/C24H27N5O3S2/c1-34(30,31)27-17-9-11-18(12-10-17)29-23(22(26-24(29)33)20-7-2-3-13-25-20)21-8-4-14-28(21)16-19-6-5-15-32-19/h2-4,7-14,19,22-23,27H,5-6,15-16H2,1H3,(H,26,33)/t19-,22-,23-/m0/s1. The van der Waals surface area contributed by atoms with Crippen LogP contribution in [0.3, 0.4) is 0 Å². The normalized spacial score (nSPS) is 22.7.